The van der Waals surface area contributed by atoms with Crippen molar-refractivity contribution in [2.45, 2.75) is 64.7 Å². The lowest BCUT2D eigenvalue weighted by Crippen LogP contribution is -2.33. The molecule has 2 heteroatoms. The first-order chi connectivity index (χ1) is 13.1. The second-order valence-corrected chi connectivity index (χ2v) is 9.95. The van der Waals surface area contributed by atoms with Crippen molar-refractivity contribution < 1.29 is 9.90 Å². The fraction of sp³-hybridized carbons (Fsp3) is 0.423. The van der Waals surface area contributed by atoms with Gasteiger partial charge in [0.1, 0.15) is 0 Å². The molecule has 0 fully saturated rings. The molecule has 0 heterocycles. The van der Waals surface area contributed by atoms with Crippen LogP contribution in [0.4, 0.5) is 0 Å². The van der Waals surface area contributed by atoms with Crippen LogP contribution in [0.5, 0.6) is 0 Å². The first-order valence-electron chi connectivity index (χ1n) is 10.3. The van der Waals surface area contributed by atoms with Crippen molar-refractivity contribution in [3.05, 3.63) is 69.8 Å². The van der Waals surface area contributed by atoms with E-state index in [4.69, 9.17) is 0 Å². The summed E-state index contributed by atoms with van der Waals surface area (Å²) >= 11 is 0. The molecule has 2 aromatic carbocycles. The Balaban J connectivity index is 1.78. The maximum absolute atomic E-state index is 11.3. The zero-order valence-corrected chi connectivity index (χ0v) is 17.6. The van der Waals surface area contributed by atoms with E-state index in [1.54, 1.807) is 6.07 Å². The molecular formula is C26H30O2. The molecule has 2 aromatic rings. The molecule has 0 saturated heterocycles. The highest BCUT2D eigenvalue weighted by molar-refractivity contribution is 5.91. The molecule has 4 rings (SSSR count). The molecule has 146 valence electrons. The minimum absolute atomic E-state index is 0.203. The first kappa shape index (κ1) is 19.0. The minimum Gasteiger partial charge on any atom is -0.478 e. The van der Waals surface area contributed by atoms with Gasteiger partial charge in [0.15, 0.2) is 0 Å². The molecule has 2 aliphatic carbocycles. The number of fused-ring (bicyclic) bond motifs is 2. The van der Waals surface area contributed by atoms with E-state index >= 15 is 0 Å². The topological polar surface area (TPSA) is 37.3 Å². The van der Waals surface area contributed by atoms with Crippen molar-refractivity contribution in [3.63, 3.8) is 0 Å². The van der Waals surface area contributed by atoms with Crippen LogP contribution in [0.15, 0.2) is 36.4 Å². The number of hydrogen-bond donors (Lipinski definition) is 1. The summed E-state index contributed by atoms with van der Waals surface area (Å²) in [6, 6.07) is 12.5. The molecule has 1 unspecified atom stereocenters. The standard InChI is InChI=1S/C26H30O2/c1-16-12-19-15-18(24(27)28)7-8-20(19)21(16)13-17-6-9-22-23(14-17)26(4,5)11-10-25(22,2)3/h6-9,13-16H,10-12H2,1-5H3,(H,27,28)/b21-13+. The second-order valence-electron chi connectivity index (χ2n) is 9.95. The van der Waals surface area contributed by atoms with E-state index in [9.17, 15) is 9.90 Å². The molecule has 2 aliphatic rings. The monoisotopic (exact) mass is 374 g/mol. The van der Waals surface area contributed by atoms with Crippen molar-refractivity contribution >= 4 is 17.6 Å². The summed E-state index contributed by atoms with van der Waals surface area (Å²) in [7, 11) is 0. The molecule has 0 radical (unpaired) electrons. The minimum atomic E-state index is -0.854. The summed E-state index contributed by atoms with van der Waals surface area (Å²) in [5.74, 6) is -0.452. The van der Waals surface area contributed by atoms with E-state index in [2.05, 4.69) is 58.9 Å². The Kier molecular flexibility index (Phi) is 4.30. The maximum Gasteiger partial charge on any atom is 0.335 e. The Morgan fingerprint density at radius 1 is 1.00 bits per heavy atom. The number of benzene rings is 2. The Labute approximate surface area is 168 Å². The van der Waals surface area contributed by atoms with Crippen LogP contribution in [0.25, 0.3) is 11.6 Å². The Morgan fingerprint density at radius 3 is 2.36 bits per heavy atom. The van der Waals surface area contributed by atoms with Gasteiger partial charge in [-0.3, -0.25) is 0 Å². The Morgan fingerprint density at radius 2 is 1.68 bits per heavy atom. The largest absolute Gasteiger partial charge is 0.478 e. The lowest BCUT2D eigenvalue weighted by molar-refractivity contribution is 0.0696. The van der Waals surface area contributed by atoms with Crippen LogP contribution in [0.2, 0.25) is 0 Å². The van der Waals surface area contributed by atoms with Gasteiger partial charge in [0, 0.05) is 0 Å². The normalized spacial score (nSPS) is 23.3. The third-order valence-corrected chi connectivity index (χ3v) is 6.92. The molecular weight excluding hydrogens is 344 g/mol. The fourth-order valence-electron chi connectivity index (χ4n) is 4.98. The fourth-order valence-corrected chi connectivity index (χ4v) is 4.98. The zero-order chi connectivity index (χ0) is 20.3. The van der Waals surface area contributed by atoms with E-state index in [0.717, 1.165) is 12.0 Å². The number of hydrogen-bond acceptors (Lipinski definition) is 1. The van der Waals surface area contributed by atoms with Crippen molar-refractivity contribution in [3.8, 4) is 0 Å². The predicted molar refractivity (Wildman–Crippen MR) is 116 cm³/mol. The van der Waals surface area contributed by atoms with Gasteiger partial charge in [0.2, 0.25) is 0 Å². The Hall–Kier alpha value is -2.35. The first-order valence-corrected chi connectivity index (χ1v) is 10.3. The van der Waals surface area contributed by atoms with Crippen LogP contribution >= 0.6 is 0 Å². The predicted octanol–water partition coefficient (Wildman–Crippen LogP) is 6.47. The molecule has 0 spiro atoms. The van der Waals surface area contributed by atoms with Crippen LogP contribution in [0.1, 0.15) is 85.6 Å². The molecule has 0 amide bonds. The molecule has 28 heavy (non-hydrogen) atoms. The van der Waals surface area contributed by atoms with Gasteiger partial charge in [0.25, 0.3) is 0 Å². The molecule has 1 N–H and O–H groups in total. The quantitative estimate of drug-likeness (QED) is 0.654. The average Bonchev–Trinajstić information content (AvgIpc) is 2.94. The smallest absolute Gasteiger partial charge is 0.335 e. The van der Waals surface area contributed by atoms with Gasteiger partial charge >= 0.3 is 5.97 Å². The van der Waals surface area contributed by atoms with Crippen molar-refractivity contribution in [2.24, 2.45) is 5.92 Å². The van der Waals surface area contributed by atoms with E-state index in [0.29, 0.717) is 11.5 Å². The number of carboxylic acid groups (broad SMARTS) is 1. The summed E-state index contributed by atoms with van der Waals surface area (Å²) in [5.41, 5.74) is 8.70. The SMILES string of the molecule is CC1Cc2cc(C(=O)O)ccc2/C1=C/c1ccc2c(c1)C(C)(C)CCC2(C)C. The van der Waals surface area contributed by atoms with Crippen molar-refractivity contribution in [1.82, 2.24) is 0 Å². The highest BCUT2D eigenvalue weighted by Crippen LogP contribution is 2.46. The van der Waals surface area contributed by atoms with Gasteiger partial charge in [0.05, 0.1) is 5.56 Å². The molecule has 2 nitrogen and oxygen atoms in total. The maximum atomic E-state index is 11.3. The van der Waals surface area contributed by atoms with Crippen molar-refractivity contribution in [2.75, 3.05) is 0 Å². The summed E-state index contributed by atoms with van der Waals surface area (Å²) in [6.45, 7) is 11.7. The number of carboxylic acids is 1. The van der Waals surface area contributed by atoms with E-state index in [1.807, 2.05) is 12.1 Å². The highest BCUT2D eigenvalue weighted by Gasteiger charge is 2.37. The van der Waals surface area contributed by atoms with E-state index in [-0.39, 0.29) is 10.8 Å². The summed E-state index contributed by atoms with van der Waals surface area (Å²) < 4.78 is 0. The number of aromatic carboxylic acids is 1. The lowest BCUT2D eigenvalue weighted by atomic mass is 9.63. The summed E-state index contributed by atoms with van der Waals surface area (Å²) in [4.78, 5) is 11.3. The molecule has 1 atom stereocenters. The number of carbonyl (C=O) groups is 1. The number of rotatable bonds is 2. The van der Waals surface area contributed by atoms with E-state index in [1.165, 1.54) is 40.7 Å². The van der Waals surface area contributed by atoms with E-state index < -0.39 is 5.97 Å². The third kappa shape index (κ3) is 3.09. The van der Waals surface area contributed by atoms with Gasteiger partial charge in [-0.1, -0.05) is 65.0 Å². The van der Waals surface area contributed by atoms with Gasteiger partial charge in [-0.05, 0) is 81.5 Å². The van der Waals surface area contributed by atoms with Gasteiger partial charge in [-0.2, -0.15) is 0 Å². The molecule has 0 aromatic heterocycles. The van der Waals surface area contributed by atoms with Crippen LogP contribution in [-0.2, 0) is 17.3 Å². The van der Waals surface area contributed by atoms with Gasteiger partial charge in [-0.25, -0.2) is 4.79 Å². The Bertz CT molecular complexity index is 991. The van der Waals surface area contributed by atoms with Crippen LogP contribution in [0.3, 0.4) is 0 Å². The lowest BCUT2D eigenvalue weighted by Gasteiger charge is -2.42. The molecule has 0 bridgehead atoms. The summed E-state index contributed by atoms with van der Waals surface area (Å²) in [5, 5.41) is 9.27. The van der Waals surface area contributed by atoms with Gasteiger partial charge in [-0.15, -0.1) is 0 Å². The van der Waals surface area contributed by atoms with Crippen LogP contribution in [0, 0.1) is 5.92 Å². The van der Waals surface area contributed by atoms with Crippen LogP contribution in [-0.4, -0.2) is 11.1 Å². The van der Waals surface area contributed by atoms with Crippen molar-refractivity contribution in [1.29, 1.82) is 0 Å². The number of allylic oxidation sites excluding steroid dienone is 1. The molecule has 0 aliphatic heterocycles. The van der Waals surface area contributed by atoms with Gasteiger partial charge < -0.3 is 5.11 Å². The average molecular weight is 375 g/mol. The highest BCUT2D eigenvalue weighted by atomic mass is 16.4. The second kappa shape index (κ2) is 6.34. The zero-order valence-electron chi connectivity index (χ0n) is 17.6. The van der Waals surface area contributed by atoms with Crippen LogP contribution < -0.4 is 0 Å². The summed E-state index contributed by atoms with van der Waals surface area (Å²) in [6.07, 6.45) is 5.66. The third-order valence-electron chi connectivity index (χ3n) is 6.92. The molecule has 0 saturated carbocycles.